The van der Waals surface area contributed by atoms with E-state index in [1.165, 1.54) is 12.1 Å². The van der Waals surface area contributed by atoms with Crippen molar-refractivity contribution in [3.8, 4) is 5.75 Å². The molecule has 2 atom stereocenters. The van der Waals surface area contributed by atoms with Crippen molar-refractivity contribution in [3.05, 3.63) is 28.8 Å². The molecule has 1 aromatic rings. The van der Waals surface area contributed by atoms with Gasteiger partial charge >= 0.3 is 0 Å². The molecule has 1 amide bonds. The highest BCUT2D eigenvalue weighted by molar-refractivity contribution is 6.31. The van der Waals surface area contributed by atoms with Crippen molar-refractivity contribution in [2.75, 3.05) is 19.6 Å². The highest BCUT2D eigenvalue weighted by Crippen LogP contribution is 2.31. The molecule has 0 spiro atoms. The molecule has 2 aliphatic rings. The van der Waals surface area contributed by atoms with Crippen LogP contribution in [0.4, 0.5) is 0 Å². The predicted octanol–water partition coefficient (Wildman–Crippen LogP) is 1.48. The standard InChI is InChI=1S/C13H15ClN2O2/c14-9-1-2-12(17)10(5-9)13(18)16-4-3-8-6-15-7-11(8)16/h1-2,5,8,11,15,17H,3-4,6-7H2/t8-,11+/m1/s1. The number of nitrogens with one attached hydrogen (secondary N) is 1. The smallest absolute Gasteiger partial charge is 0.257 e. The van der Waals surface area contributed by atoms with Crippen LogP contribution in [0.1, 0.15) is 16.8 Å². The van der Waals surface area contributed by atoms with Crippen LogP contribution in [-0.4, -0.2) is 41.6 Å². The number of aromatic hydroxyl groups is 1. The third-order valence-electron chi connectivity index (χ3n) is 3.90. The molecule has 4 nitrogen and oxygen atoms in total. The molecule has 0 unspecified atom stereocenters. The van der Waals surface area contributed by atoms with Crippen LogP contribution >= 0.6 is 11.6 Å². The van der Waals surface area contributed by atoms with Gasteiger partial charge in [-0.1, -0.05) is 11.6 Å². The van der Waals surface area contributed by atoms with Gasteiger partial charge in [0.25, 0.3) is 5.91 Å². The van der Waals surface area contributed by atoms with E-state index in [2.05, 4.69) is 5.32 Å². The minimum atomic E-state index is -0.119. The van der Waals surface area contributed by atoms with E-state index in [0.717, 1.165) is 26.1 Å². The summed E-state index contributed by atoms with van der Waals surface area (Å²) < 4.78 is 0. The quantitative estimate of drug-likeness (QED) is 0.810. The zero-order valence-corrected chi connectivity index (χ0v) is 10.7. The maximum Gasteiger partial charge on any atom is 0.257 e. The molecule has 1 aromatic carbocycles. The van der Waals surface area contributed by atoms with E-state index < -0.39 is 0 Å². The molecule has 0 radical (unpaired) electrons. The van der Waals surface area contributed by atoms with E-state index in [1.54, 1.807) is 6.07 Å². The highest BCUT2D eigenvalue weighted by Gasteiger charge is 2.40. The first kappa shape index (κ1) is 11.8. The second-order valence-electron chi connectivity index (χ2n) is 4.93. The van der Waals surface area contributed by atoms with E-state index in [9.17, 15) is 9.90 Å². The zero-order valence-electron chi connectivity index (χ0n) is 9.90. The molecule has 0 aliphatic carbocycles. The minimum Gasteiger partial charge on any atom is -0.507 e. The second kappa shape index (κ2) is 4.44. The Morgan fingerprint density at radius 1 is 1.44 bits per heavy atom. The number of phenols is 1. The fraction of sp³-hybridized carbons (Fsp3) is 0.462. The topological polar surface area (TPSA) is 52.6 Å². The van der Waals surface area contributed by atoms with E-state index >= 15 is 0 Å². The third kappa shape index (κ3) is 1.85. The molecule has 2 heterocycles. The molecule has 2 fully saturated rings. The Balaban J connectivity index is 1.88. The fourth-order valence-corrected chi connectivity index (χ4v) is 3.11. The molecule has 96 valence electrons. The molecule has 2 N–H and O–H groups in total. The van der Waals surface area contributed by atoms with Crippen LogP contribution in [0, 0.1) is 5.92 Å². The molecule has 0 bridgehead atoms. The van der Waals surface area contributed by atoms with E-state index in [4.69, 9.17) is 11.6 Å². The third-order valence-corrected chi connectivity index (χ3v) is 4.13. The maximum absolute atomic E-state index is 12.4. The van der Waals surface area contributed by atoms with Gasteiger partial charge in [-0.3, -0.25) is 4.79 Å². The number of likely N-dealkylation sites (tertiary alicyclic amines) is 1. The summed E-state index contributed by atoms with van der Waals surface area (Å²) in [5.74, 6) is 0.431. The van der Waals surface area contributed by atoms with Gasteiger partial charge in [0.2, 0.25) is 0 Å². The van der Waals surface area contributed by atoms with Crippen molar-refractivity contribution in [2.24, 2.45) is 5.92 Å². The lowest BCUT2D eigenvalue weighted by atomic mass is 10.0. The van der Waals surface area contributed by atoms with Gasteiger partial charge in [0.05, 0.1) is 5.56 Å². The first-order chi connectivity index (χ1) is 8.66. The number of nitrogens with zero attached hydrogens (tertiary/aromatic N) is 1. The first-order valence-corrected chi connectivity index (χ1v) is 6.55. The molecular weight excluding hydrogens is 252 g/mol. The van der Waals surface area contributed by atoms with Crippen molar-refractivity contribution in [1.82, 2.24) is 10.2 Å². The molecule has 18 heavy (non-hydrogen) atoms. The highest BCUT2D eigenvalue weighted by atomic mass is 35.5. The number of hydrogen-bond donors (Lipinski definition) is 2. The molecule has 2 aliphatic heterocycles. The van der Waals surface area contributed by atoms with Crippen LogP contribution < -0.4 is 5.32 Å². The Labute approximate surface area is 111 Å². The van der Waals surface area contributed by atoms with Gasteiger partial charge in [0, 0.05) is 30.7 Å². The fourth-order valence-electron chi connectivity index (χ4n) is 2.94. The second-order valence-corrected chi connectivity index (χ2v) is 5.37. The monoisotopic (exact) mass is 266 g/mol. The summed E-state index contributed by atoms with van der Waals surface area (Å²) in [6.07, 6.45) is 1.03. The van der Waals surface area contributed by atoms with E-state index in [1.807, 2.05) is 4.90 Å². The summed E-state index contributed by atoms with van der Waals surface area (Å²) >= 11 is 5.88. The van der Waals surface area contributed by atoms with Crippen LogP contribution in [-0.2, 0) is 0 Å². The number of halogens is 1. The Morgan fingerprint density at radius 2 is 2.28 bits per heavy atom. The summed E-state index contributed by atoms with van der Waals surface area (Å²) in [7, 11) is 0. The Kier molecular flexibility index (Phi) is 2.92. The lowest BCUT2D eigenvalue weighted by Crippen LogP contribution is -2.39. The number of phenolic OH excluding ortho intramolecular Hbond substituents is 1. The number of rotatable bonds is 1. The lowest BCUT2D eigenvalue weighted by Gasteiger charge is -2.23. The van der Waals surface area contributed by atoms with Gasteiger partial charge in [-0.2, -0.15) is 0 Å². The Bertz CT molecular complexity index is 492. The molecule has 0 saturated carbocycles. The summed E-state index contributed by atoms with van der Waals surface area (Å²) in [5.41, 5.74) is 0.301. The average molecular weight is 267 g/mol. The number of carbonyl (C=O) groups excluding carboxylic acids is 1. The molecule has 3 rings (SSSR count). The van der Waals surface area contributed by atoms with E-state index in [0.29, 0.717) is 16.5 Å². The molecular formula is C13H15ClN2O2. The SMILES string of the molecule is O=C(c1cc(Cl)ccc1O)N1CC[C@@H]2CNC[C@@H]21. The molecule has 0 aromatic heterocycles. The number of carbonyl (C=O) groups is 1. The van der Waals surface area contributed by atoms with E-state index in [-0.39, 0.29) is 17.7 Å². The van der Waals surface area contributed by atoms with Crippen molar-refractivity contribution in [2.45, 2.75) is 12.5 Å². The summed E-state index contributed by atoms with van der Waals surface area (Å²) in [4.78, 5) is 14.3. The maximum atomic E-state index is 12.4. The van der Waals surface area contributed by atoms with Crippen molar-refractivity contribution >= 4 is 17.5 Å². The van der Waals surface area contributed by atoms with Gasteiger partial charge in [0.15, 0.2) is 0 Å². The van der Waals surface area contributed by atoms with Crippen LogP contribution in [0.2, 0.25) is 5.02 Å². The van der Waals surface area contributed by atoms with Crippen LogP contribution in [0.3, 0.4) is 0 Å². The zero-order chi connectivity index (χ0) is 12.7. The normalized spacial score (nSPS) is 26.4. The van der Waals surface area contributed by atoms with Gasteiger partial charge in [-0.05, 0) is 30.5 Å². The number of amides is 1. The van der Waals surface area contributed by atoms with Crippen molar-refractivity contribution < 1.29 is 9.90 Å². The lowest BCUT2D eigenvalue weighted by molar-refractivity contribution is 0.0734. The molecule has 5 heteroatoms. The van der Waals surface area contributed by atoms with Crippen molar-refractivity contribution in [1.29, 1.82) is 0 Å². The van der Waals surface area contributed by atoms with Gasteiger partial charge in [0.1, 0.15) is 5.75 Å². The van der Waals surface area contributed by atoms with Crippen LogP contribution in [0.25, 0.3) is 0 Å². The average Bonchev–Trinajstić information content (AvgIpc) is 2.93. The van der Waals surface area contributed by atoms with Gasteiger partial charge in [-0.15, -0.1) is 0 Å². The molecule has 2 saturated heterocycles. The van der Waals surface area contributed by atoms with Gasteiger partial charge in [-0.25, -0.2) is 0 Å². The Morgan fingerprint density at radius 3 is 3.11 bits per heavy atom. The summed E-state index contributed by atoms with van der Waals surface area (Å²) in [6.45, 7) is 2.59. The Hall–Kier alpha value is -1.26. The largest absolute Gasteiger partial charge is 0.507 e. The van der Waals surface area contributed by atoms with Crippen LogP contribution in [0.5, 0.6) is 5.75 Å². The number of benzene rings is 1. The number of fused-ring (bicyclic) bond motifs is 1. The first-order valence-electron chi connectivity index (χ1n) is 6.17. The van der Waals surface area contributed by atoms with Gasteiger partial charge < -0.3 is 15.3 Å². The number of hydrogen-bond acceptors (Lipinski definition) is 3. The van der Waals surface area contributed by atoms with Crippen LogP contribution in [0.15, 0.2) is 18.2 Å². The predicted molar refractivity (Wildman–Crippen MR) is 68.9 cm³/mol. The minimum absolute atomic E-state index is 0.00111. The van der Waals surface area contributed by atoms with Crippen molar-refractivity contribution in [3.63, 3.8) is 0 Å². The summed E-state index contributed by atoms with van der Waals surface area (Å²) in [5, 5.41) is 13.6. The summed E-state index contributed by atoms with van der Waals surface area (Å²) in [6, 6.07) is 4.85.